The van der Waals surface area contributed by atoms with Gasteiger partial charge in [0.15, 0.2) is 6.61 Å². The summed E-state index contributed by atoms with van der Waals surface area (Å²) in [5, 5.41) is 3.35. The Hall–Kier alpha value is -1.46. The zero-order valence-electron chi connectivity index (χ0n) is 12.0. The summed E-state index contributed by atoms with van der Waals surface area (Å²) in [6.07, 6.45) is 0. The van der Waals surface area contributed by atoms with Gasteiger partial charge in [0.05, 0.1) is 12.1 Å². The molecule has 5 nitrogen and oxygen atoms in total. The van der Waals surface area contributed by atoms with Crippen LogP contribution in [-0.2, 0) is 14.3 Å². The van der Waals surface area contributed by atoms with Gasteiger partial charge in [-0.15, -0.1) is 0 Å². The molecule has 0 aliphatic carbocycles. The Bertz CT molecular complexity index is 520. The molecule has 0 fully saturated rings. The van der Waals surface area contributed by atoms with Crippen LogP contribution in [0.4, 0.5) is 0 Å². The molecule has 1 rings (SSSR count). The molecule has 1 aromatic carbocycles. The molecule has 0 aliphatic heterocycles. The fourth-order valence-electron chi connectivity index (χ4n) is 1.57. The molecule has 1 N–H and O–H groups in total. The van der Waals surface area contributed by atoms with Crippen LogP contribution in [0.15, 0.2) is 18.2 Å². The van der Waals surface area contributed by atoms with Gasteiger partial charge in [-0.25, -0.2) is 4.79 Å². The predicted molar refractivity (Wildman–Crippen MR) is 80.7 cm³/mol. The molecule has 0 radical (unpaired) electrons. The number of benzene rings is 1. The highest BCUT2D eigenvalue weighted by Crippen LogP contribution is 2.27. The second-order valence-corrected chi connectivity index (χ2v) is 5.52. The minimum absolute atomic E-state index is 0.101. The van der Waals surface area contributed by atoms with Crippen LogP contribution < -0.4 is 10.1 Å². The van der Waals surface area contributed by atoms with Crippen LogP contribution in [0, 0.1) is 5.92 Å². The van der Waals surface area contributed by atoms with Crippen LogP contribution in [0.3, 0.4) is 0 Å². The number of carbonyl (C=O) groups is 2. The lowest BCUT2D eigenvalue weighted by Gasteiger charge is -2.19. The number of rotatable bonds is 6. The van der Waals surface area contributed by atoms with Gasteiger partial charge in [0.25, 0.3) is 5.91 Å². The number of hydrogen-bond acceptors (Lipinski definition) is 4. The first-order valence-electron chi connectivity index (χ1n) is 6.30. The van der Waals surface area contributed by atoms with Crippen molar-refractivity contribution in [2.75, 3.05) is 13.7 Å². The Kier molecular flexibility index (Phi) is 6.78. The molecule has 0 saturated heterocycles. The van der Waals surface area contributed by atoms with E-state index in [1.165, 1.54) is 13.2 Å². The van der Waals surface area contributed by atoms with Crippen LogP contribution in [0.2, 0.25) is 10.0 Å². The van der Waals surface area contributed by atoms with Gasteiger partial charge in [0.1, 0.15) is 11.8 Å². The molecule has 1 aromatic rings. The van der Waals surface area contributed by atoms with E-state index in [0.717, 1.165) is 0 Å². The number of ether oxygens (including phenoxy) is 2. The summed E-state index contributed by atoms with van der Waals surface area (Å²) in [4.78, 5) is 23.4. The number of nitrogens with one attached hydrogen (secondary N) is 1. The minimum Gasteiger partial charge on any atom is -0.482 e. The molecule has 1 atom stereocenters. The summed E-state index contributed by atoms with van der Waals surface area (Å²) in [6.45, 7) is 3.33. The number of halogens is 2. The standard InChI is InChI=1S/C14H17Cl2NO4/c1-8(2)13(14(19)20-3)17-12(18)7-21-11-6-9(15)4-5-10(11)16/h4-6,8,13H,7H2,1-3H3,(H,17,18)/t13-/m0/s1. The number of methoxy groups -OCH3 is 1. The van der Waals surface area contributed by atoms with E-state index in [1.54, 1.807) is 26.0 Å². The average Bonchev–Trinajstić information content (AvgIpc) is 2.44. The van der Waals surface area contributed by atoms with Crippen molar-refractivity contribution in [1.29, 1.82) is 0 Å². The van der Waals surface area contributed by atoms with Gasteiger partial charge in [-0.2, -0.15) is 0 Å². The normalized spacial score (nSPS) is 11.9. The fraction of sp³-hybridized carbons (Fsp3) is 0.429. The smallest absolute Gasteiger partial charge is 0.328 e. The van der Waals surface area contributed by atoms with E-state index in [9.17, 15) is 9.59 Å². The van der Waals surface area contributed by atoms with Crippen molar-refractivity contribution in [3.05, 3.63) is 28.2 Å². The van der Waals surface area contributed by atoms with E-state index in [-0.39, 0.29) is 12.5 Å². The van der Waals surface area contributed by atoms with Gasteiger partial charge in [-0.1, -0.05) is 37.0 Å². The summed E-state index contributed by atoms with van der Waals surface area (Å²) < 4.78 is 9.93. The minimum atomic E-state index is -0.721. The zero-order valence-corrected chi connectivity index (χ0v) is 13.5. The second-order valence-electron chi connectivity index (χ2n) is 4.68. The summed E-state index contributed by atoms with van der Waals surface area (Å²) in [6, 6.07) is 3.98. The molecule has 0 bridgehead atoms. The lowest BCUT2D eigenvalue weighted by atomic mass is 10.0. The number of esters is 1. The second kappa shape index (κ2) is 8.10. The molecular formula is C14H17Cl2NO4. The predicted octanol–water partition coefficient (Wildman–Crippen LogP) is 2.69. The van der Waals surface area contributed by atoms with Crippen molar-refractivity contribution >= 4 is 35.1 Å². The first-order chi connectivity index (χ1) is 9.85. The lowest BCUT2D eigenvalue weighted by molar-refractivity contribution is -0.146. The van der Waals surface area contributed by atoms with Crippen molar-refractivity contribution in [3.8, 4) is 5.75 Å². The van der Waals surface area contributed by atoms with Gasteiger partial charge in [0.2, 0.25) is 0 Å². The molecular weight excluding hydrogens is 317 g/mol. The van der Waals surface area contributed by atoms with E-state index in [4.69, 9.17) is 27.9 Å². The first kappa shape index (κ1) is 17.6. The summed E-state index contributed by atoms with van der Waals surface area (Å²) >= 11 is 11.7. The molecule has 116 valence electrons. The van der Waals surface area contributed by atoms with Crippen LogP contribution in [0.1, 0.15) is 13.8 Å². The number of carbonyl (C=O) groups excluding carboxylic acids is 2. The maximum atomic E-state index is 11.8. The van der Waals surface area contributed by atoms with Crippen LogP contribution in [0.5, 0.6) is 5.75 Å². The summed E-state index contributed by atoms with van der Waals surface area (Å²) in [7, 11) is 1.27. The molecule has 1 amide bonds. The number of hydrogen-bond donors (Lipinski definition) is 1. The largest absolute Gasteiger partial charge is 0.482 e. The van der Waals surface area contributed by atoms with Crippen molar-refractivity contribution < 1.29 is 19.1 Å². The average molecular weight is 334 g/mol. The third-order valence-corrected chi connectivity index (χ3v) is 3.24. The Morgan fingerprint density at radius 3 is 2.52 bits per heavy atom. The van der Waals surface area contributed by atoms with E-state index in [2.05, 4.69) is 10.1 Å². The fourth-order valence-corrected chi connectivity index (χ4v) is 1.91. The topological polar surface area (TPSA) is 64.6 Å². The molecule has 0 spiro atoms. The Balaban J connectivity index is 2.61. The zero-order chi connectivity index (χ0) is 16.0. The molecule has 21 heavy (non-hydrogen) atoms. The maximum absolute atomic E-state index is 11.8. The maximum Gasteiger partial charge on any atom is 0.328 e. The van der Waals surface area contributed by atoms with Crippen LogP contribution in [-0.4, -0.2) is 31.6 Å². The van der Waals surface area contributed by atoms with Crippen molar-refractivity contribution in [2.24, 2.45) is 5.92 Å². The van der Waals surface area contributed by atoms with Gasteiger partial charge >= 0.3 is 5.97 Å². The first-order valence-corrected chi connectivity index (χ1v) is 7.05. The van der Waals surface area contributed by atoms with Crippen molar-refractivity contribution in [2.45, 2.75) is 19.9 Å². The van der Waals surface area contributed by atoms with E-state index >= 15 is 0 Å². The molecule has 0 heterocycles. The van der Waals surface area contributed by atoms with Crippen LogP contribution >= 0.6 is 23.2 Å². The Labute approximate surface area is 133 Å². The van der Waals surface area contributed by atoms with Crippen LogP contribution in [0.25, 0.3) is 0 Å². The van der Waals surface area contributed by atoms with Crippen molar-refractivity contribution in [3.63, 3.8) is 0 Å². The van der Waals surface area contributed by atoms with Gasteiger partial charge < -0.3 is 14.8 Å². The highest BCUT2D eigenvalue weighted by Gasteiger charge is 2.25. The highest BCUT2D eigenvalue weighted by atomic mass is 35.5. The molecule has 0 aromatic heterocycles. The molecule has 0 unspecified atom stereocenters. The highest BCUT2D eigenvalue weighted by molar-refractivity contribution is 6.34. The Morgan fingerprint density at radius 1 is 1.29 bits per heavy atom. The molecule has 7 heteroatoms. The van der Waals surface area contributed by atoms with E-state index < -0.39 is 17.9 Å². The number of amides is 1. The third-order valence-electron chi connectivity index (χ3n) is 2.69. The quantitative estimate of drug-likeness (QED) is 0.813. The Morgan fingerprint density at radius 2 is 1.95 bits per heavy atom. The molecule has 0 saturated carbocycles. The lowest BCUT2D eigenvalue weighted by Crippen LogP contribution is -2.46. The van der Waals surface area contributed by atoms with Gasteiger partial charge in [-0.3, -0.25) is 4.79 Å². The van der Waals surface area contributed by atoms with E-state index in [0.29, 0.717) is 15.8 Å². The monoisotopic (exact) mass is 333 g/mol. The summed E-state index contributed by atoms with van der Waals surface area (Å²) in [5.74, 6) is -0.746. The molecule has 0 aliphatic rings. The van der Waals surface area contributed by atoms with Gasteiger partial charge in [0, 0.05) is 11.1 Å². The van der Waals surface area contributed by atoms with Crippen molar-refractivity contribution in [1.82, 2.24) is 5.32 Å². The van der Waals surface area contributed by atoms with Gasteiger partial charge in [-0.05, 0) is 18.1 Å². The third kappa shape index (κ3) is 5.44. The van der Waals surface area contributed by atoms with E-state index in [1.807, 2.05) is 0 Å². The summed E-state index contributed by atoms with van der Waals surface area (Å²) in [5.41, 5.74) is 0. The SMILES string of the molecule is COC(=O)[C@@H](NC(=O)COc1cc(Cl)ccc1Cl)C(C)C.